The van der Waals surface area contributed by atoms with Crippen LogP contribution >= 0.6 is 0 Å². The average Bonchev–Trinajstić information content (AvgIpc) is 3.33. The SMILES string of the molecule is C=C(C)[C@@H]1CC[C@]2(C)CC[C@]3(C)[C@H](CC[C@@]4(O)[C@@]3(C)C(=O)C[C@@H]3C(C)(C)[C@@H](OC(=O)C=Cc5ccc(O)c(O)c5)CC[C@@]34C)[C@H]12. The quantitative estimate of drug-likeness (QED) is 0.137. The van der Waals surface area contributed by atoms with E-state index in [0.29, 0.717) is 49.0 Å². The summed E-state index contributed by atoms with van der Waals surface area (Å²) in [4.78, 5) is 27.8. The van der Waals surface area contributed by atoms with E-state index in [1.54, 1.807) is 12.1 Å². The Labute approximate surface area is 269 Å². The zero-order chi connectivity index (χ0) is 33.0. The molecule has 5 aliphatic rings. The van der Waals surface area contributed by atoms with Crippen LogP contribution in [0.25, 0.3) is 6.08 Å². The highest BCUT2D eigenvalue weighted by atomic mass is 16.5. The van der Waals surface area contributed by atoms with E-state index in [1.807, 2.05) is 0 Å². The number of hydrogen-bond donors (Lipinski definition) is 3. The lowest BCUT2D eigenvalue weighted by Crippen LogP contribution is -2.78. The topological polar surface area (TPSA) is 104 Å². The Bertz CT molecular complexity index is 1460. The lowest BCUT2D eigenvalue weighted by molar-refractivity contribution is -0.305. The average molecular weight is 619 g/mol. The number of ketones is 1. The van der Waals surface area contributed by atoms with Gasteiger partial charge in [-0.05, 0) is 123 Å². The maximum atomic E-state index is 14.8. The van der Waals surface area contributed by atoms with Crippen molar-refractivity contribution in [3.63, 3.8) is 0 Å². The minimum absolute atomic E-state index is 0.135. The Hall–Kier alpha value is -2.60. The number of Topliss-reactive ketones (excluding diaryl/α,β-unsaturated/α-hetero) is 1. The molecule has 5 aliphatic carbocycles. The van der Waals surface area contributed by atoms with Crippen molar-refractivity contribution in [1.29, 1.82) is 0 Å². The third-order valence-electron chi connectivity index (χ3n) is 15.1. The summed E-state index contributed by atoms with van der Waals surface area (Å²) >= 11 is 0. The maximum Gasteiger partial charge on any atom is 0.331 e. The smallest absolute Gasteiger partial charge is 0.331 e. The van der Waals surface area contributed by atoms with Gasteiger partial charge in [-0.3, -0.25) is 4.79 Å². The first kappa shape index (κ1) is 32.3. The number of ether oxygens (including phenoxy) is 1. The van der Waals surface area contributed by atoms with Gasteiger partial charge in [-0.25, -0.2) is 4.79 Å². The molecule has 1 aromatic rings. The van der Waals surface area contributed by atoms with E-state index in [1.165, 1.54) is 36.6 Å². The van der Waals surface area contributed by atoms with Crippen LogP contribution in [-0.2, 0) is 14.3 Å². The molecule has 6 rings (SSSR count). The van der Waals surface area contributed by atoms with Gasteiger partial charge in [0.05, 0.1) is 11.0 Å². The standard InChI is InChI=1S/C39H54O6/c1-23(2)25-13-16-35(5)19-20-36(6)26(33(25)35)14-18-39(44)37(7)17-15-31(34(3,4)29(37)22-30(42)38(36,39)8)45-32(43)12-10-24-9-11-27(40)28(41)21-24/h9-12,21,25-26,29,31,33,40-41,44H,1,13-20,22H2,2-8H3/t25-,26+,29+,31-,33-,35+,36+,37-,38-,39-/m0/s1. The van der Waals surface area contributed by atoms with Crippen molar-refractivity contribution in [2.45, 2.75) is 118 Å². The molecule has 45 heavy (non-hydrogen) atoms. The molecule has 0 spiro atoms. The molecule has 246 valence electrons. The first-order valence-corrected chi connectivity index (χ1v) is 17.2. The van der Waals surface area contributed by atoms with Gasteiger partial charge >= 0.3 is 5.97 Å². The van der Waals surface area contributed by atoms with Crippen LogP contribution in [-0.4, -0.2) is 38.8 Å². The van der Waals surface area contributed by atoms with Crippen molar-refractivity contribution in [3.05, 3.63) is 42.0 Å². The molecule has 0 unspecified atom stereocenters. The minimum Gasteiger partial charge on any atom is -0.504 e. The van der Waals surface area contributed by atoms with Crippen molar-refractivity contribution in [2.24, 2.45) is 50.7 Å². The van der Waals surface area contributed by atoms with Gasteiger partial charge in [-0.15, -0.1) is 0 Å². The number of esters is 1. The molecule has 6 heteroatoms. The normalized spacial score (nSPS) is 45.2. The van der Waals surface area contributed by atoms with E-state index >= 15 is 0 Å². The fourth-order valence-electron chi connectivity index (χ4n) is 12.3. The molecule has 0 saturated heterocycles. The second-order valence-electron chi connectivity index (χ2n) is 17.2. The lowest BCUT2D eigenvalue weighted by Gasteiger charge is -2.74. The van der Waals surface area contributed by atoms with Crippen LogP contribution in [0.1, 0.15) is 112 Å². The van der Waals surface area contributed by atoms with E-state index in [0.717, 1.165) is 19.3 Å². The summed E-state index contributed by atoms with van der Waals surface area (Å²) in [5.74, 6) is 0.436. The Morgan fingerprint density at radius 1 is 0.933 bits per heavy atom. The van der Waals surface area contributed by atoms with E-state index < -0.39 is 33.9 Å². The predicted octanol–water partition coefficient (Wildman–Crippen LogP) is 7.99. The van der Waals surface area contributed by atoms with E-state index in [-0.39, 0.29) is 34.0 Å². The van der Waals surface area contributed by atoms with Crippen molar-refractivity contribution < 1.29 is 29.6 Å². The molecular formula is C39H54O6. The molecule has 3 N–H and O–H groups in total. The molecule has 5 fully saturated rings. The molecule has 1 aromatic carbocycles. The Morgan fingerprint density at radius 3 is 2.31 bits per heavy atom. The highest BCUT2D eigenvalue weighted by molar-refractivity contribution is 5.89. The number of benzene rings is 1. The fourth-order valence-corrected chi connectivity index (χ4v) is 12.3. The number of carbonyl (C=O) groups excluding carboxylic acids is 2. The summed E-state index contributed by atoms with van der Waals surface area (Å²) in [6.45, 7) is 20.0. The number of hydrogen-bond acceptors (Lipinski definition) is 6. The number of phenols is 2. The second-order valence-corrected chi connectivity index (χ2v) is 17.2. The highest BCUT2D eigenvalue weighted by Gasteiger charge is 2.78. The van der Waals surface area contributed by atoms with Crippen LogP contribution in [0.15, 0.2) is 36.4 Å². The molecule has 5 saturated carbocycles. The highest BCUT2D eigenvalue weighted by Crippen LogP contribution is 2.77. The molecule has 0 bridgehead atoms. The number of fused-ring (bicyclic) bond motifs is 7. The van der Waals surface area contributed by atoms with E-state index in [9.17, 15) is 24.9 Å². The summed E-state index contributed by atoms with van der Waals surface area (Å²) in [7, 11) is 0. The first-order chi connectivity index (χ1) is 20.9. The fraction of sp³-hybridized carbons (Fsp3) is 0.692. The van der Waals surface area contributed by atoms with Crippen LogP contribution in [0, 0.1) is 50.7 Å². The van der Waals surface area contributed by atoms with Gasteiger partial charge in [0.2, 0.25) is 0 Å². The van der Waals surface area contributed by atoms with Gasteiger partial charge in [0.15, 0.2) is 11.5 Å². The van der Waals surface area contributed by atoms with Crippen LogP contribution < -0.4 is 0 Å². The van der Waals surface area contributed by atoms with Gasteiger partial charge in [-0.1, -0.05) is 52.8 Å². The summed E-state index contributed by atoms with van der Waals surface area (Å²) < 4.78 is 6.07. The maximum absolute atomic E-state index is 14.8. The zero-order valence-electron chi connectivity index (χ0n) is 28.4. The molecule has 6 nitrogen and oxygen atoms in total. The molecule has 0 aromatic heterocycles. The molecule has 0 heterocycles. The van der Waals surface area contributed by atoms with E-state index in [4.69, 9.17) is 4.74 Å². The zero-order valence-corrected chi connectivity index (χ0v) is 28.4. The third kappa shape index (κ3) is 4.22. The van der Waals surface area contributed by atoms with E-state index in [2.05, 4.69) is 55.0 Å². The summed E-state index contributed by atoms with van der Waals surface area (Å²) in [5.41, 5.74) is -1.22. The third-order valence-corrected chi connectivity index (χ3v) is 15.1. The number of aliphatic hydroxyl groups is 1. The summed E-state index contributed by atoms with van der Waals surface area (Å²) in [5, 5.41) is 32.6. The van der Waals surface area contributed by atoms with Gasteiger partial charge in [0.1, 0.15) is 11.9 Å². The number of allylic oxidation sites excluding steroid dienone is 1. The number of carbonyl (C=O) groups is 2. The van der Waals surface area contributed by atoms with Crippen LogP contribution in [0.3, 0.4) is 0 Å². The van der Waals surface area contributed by atoms with Gasteiger partial charge in [-0.2, -0.15) is 0 Å². The van der Waals surface area contributed by atoms with Crippen LogP contribution in [0.5, 0.6) is 11.5 Å². The molecular weight excluding hydrogens is 564 g/mol. The Morgan fingerprint density at radius 2 is 1.64 bits per heavy atom. The monoisotopic (exact) mass is 618 g/mol. The number of rotatable bonds is 4. The number of phenolic OH excluding ortho intramolecular Hbond substituents is 2. The predicted molar refractivity (Wildman–Crippen MR) is 175 cm³/mol. The first-order valence-electron chi connectivity index (χ1n) is 17.2. The molecule has 0 radical (unpaired) electrons. The molecule has 0 amide bonds. The van der Waals surface area contributed by atoms with Gasteiger partial charge in [0, 0.05) is 23.3 Å². The van der Waals surface area contributed by atoms with Crippen molar-refractivity contribution in [3.8, 4) is 11.5 Å². The summed E-state index contributed by atoms with van der Waals surface area (Å²) in [6, 6.07) is 4.36. The lowest BCUT2D eigenvalue weighted by atomic mass is 9.30. The van der Waals surface area contributed by atoms with Crippen molar-refractivity contribution in [2.75, 3.05) is 0 Å². The minimum atomic E-state index is -1.15. The molecule has 10 atom stereocenters. The van der Waals surface area contributed by atoms with Gasteiger partial charge in [0.25, 0.3) is 0 Å². The number of aromatic hydroxyl groups is 2. The van der Waals surface area contributed by atoms with Crippen LogP contribution in [0.4, 0.5) is 0 Å². The largest absolute Gasteiger partial charge is 0.504 e. The van der Waals surface area contributed by atoms with Crippen molar-refractivity contribution in [1.82, 2.24) is 0 Å². The molecule has 0 aliphatic heterocycles. The van der Waals surface area contributed by atoms with Crippen molar-refractivity contribution >= 4 is 17.8 Å². The van der Waals surface area contributed by atoms with Crippen LogP contribution in [0.2, 0.25) is 0 Å². The second kappa shape index (κ2) is 10.2. The van der Waals surface area contributed by atoms with Gasteiger partial charge < -0.3 is 20.1 Å². The Kier molecular flexibility index (Phi) is 7.33. The summed E-state index contributed by atoms with van der Waals surface area (Å²) in [6.07, 6.45) is 10.2. The Balaban J connectivity index is 1.29.